The Morgan fingerprint density at radius 3 is 1.25 bits per heavy atom. The van der Waals surface area contributed by atoms with Crippen molar-refractivity contribution in [1.29, 1.82) is 0 Å². The predicted molar refractivity (Wildman–Crippen MR) is 208 cm³/mol. The van der Waals surface area contributed by atoms with Gasteiger partial charge in [-0.3, -0.25) is 38.4 Å². The lowest BCUT2D eigenvalue weighted by Gasteiger charge is -2.29. The van der Waals surface area contributed by atoms with Crippen LogP contribution in [0.25, 0.3) is 0 Å². The van der Waals surface area contributed by atoms with E-state index in [-0.39, 0.29) is 49.3 Å². The van der Waals surface area contributed by atoms with Gasteiger partial charge < -0.3 is 58.9 Å². The average molecular weight is 818 g/mol. The molecule has 0 aromatic carbocycles. The van der Waals surface area contributed by atoms with Crippen molar-refractivity contribution in [2.45, 2.75) is 123 Å². The molecule has 7 atom stereocenters. The van der Waals surface area contributed by atoms with Crippen LogP contribution < -0.4 is 48.7 Å². The van der Waals surface area contributed by atoms with Crippen molar-refractivity contribution >= 4 is 65.9 Å². The van der Waals surface area contributed by atoms with Crippen molar-refractivity contribution < 1.29 is 53.4 Å². The molecule has 7 unspecified atom stereocenters. The molecule has 0 bridgehead atoms. The van der Waals surface area contributed by atoms with Crippen LogP contribution in [-0.2, 0) is 43.2 Å². The molecule has 21 heteroatoms. The van der Waals surface area contributed by atoms with E-state index in [9.17, 15) is 53.4 Å². The third-order valence-electron chi connectivity index (χ3n) is 8.12. The van der Waals surface area contributed by atoms with Crippen molar-refractivity contribution in [2.24, 2.45) is 35.1 Å². The fraction of sp³-hybridized carbons (Fsp3) is 0.743. The molecule has 0 aromatic rings. The van der Waals surface area contributed by atoms with Gasteiger partial charge >= 0.3 is 5.97 Å². The molecule has 0 rings (SSSR count). The molecule has 0 aliphatic carbocycles. The second kappa shape index (κ2) is 25.6. The Morgan fingerprint density at radius 2 is 0.893 bits per heavy atom. The van der Waals surface area contributed by atoms with E-state index in [1.54, 1.807) is 41.5 Å². The van der Waals surface area contributed by atoms with Gasteiger partial charge in [0.2, 0.25) is 47.3 Å². The van der Waals surface area contributed by atoms with E-state index < -0.39 is 114 Å². The third-order valence-corrected chi connectivity index (χ3v) is 8.49. The summed E-state index contributed by atoms with van der Waals surface area (Å²) in [5, 5.41) is 36.4. The minimum Gasteiger partial charge on any atom is -0.480 e. The minimum absolute atomic E-state index is 0.0238. The number of hydrogen-bond acceptors (Lipinski definition) is 12. The summed E-state index contributed by atoms with van der Waals surface area (Å²) in [5.74, 6) is -9.37. The first kappa shape index (κ1) is 51.5. The molecule has 8 amide bonds. The van der Waals surface area contributed by atoms with Crippen LogP contribution in [0.3, 0.4) is 0 Å². The molecule has 0 radical (unpaired) electrons. The monoisotopic (exact) mass is 817 g/mol. The maximum Gasteiger partial charge on any atom is 0.327 e. The lowest BCUT2D eigenvalue weighted by molar-refractivity contribution is -0.141. The highest BCUT2D eigenvalue weighted by molar-refractivity contribution is 7.80. The van der Waals surface area contributed by atoms with Crippen LogP contribution in [-0.4, -0.2) is 125 Å². The summed E-state index contributed by atoms with van der Waals surface area (Å²) in [5.41, 5.74) is 10.7. The van der Waals surface area contributed by atoms with E-state index in [0.29, 0.717) is 0 Å². The maximum atomic E-state index is 13.5. The van der Waals surface area contributed by atoms with Gasteiger partial charge in [0.1, 0.15) is 42.3 Å². The van der Waals surface area contributed by atoms with Crippen LogP contribution in [0.5, 0.6) is 0 Å². The number of nitrogens with one attached hydrogen (secondary N) is 7. The third kappa shape index (κ3) is 19.4. The summed E-state index contributed by atoms with van der Waals surface area (Å²) in [7, 11) is 0. The standard InChI is InChI=1S/C35H63N9O11S/c1-16(2)9-20(38-27(47)13-36)29(48)39-21(10-17(3)4)30(49)42-24(14-45)33(52)40-23(12-26(37)46)32(51)44-28(19(7)8)34(53)41-22(11-18(5)6)31(50)43-25(15-56)35(54)55/h16-25,28,45,56H,9-15,36H2,1-8H3,(H2,37,46)(H,38,47)(H,39,48)(H,40,52)(H,41,53)(H,42,49)(H,43,50)(H,44,51)(H,54,55). The zero-order valence-electron chi connectivity index (χ0n) is 33.5. The molecule has 20 nitrogen and oxygen atoms in total. The molecular weight excluding hydrogens is 755 g/mol. The maximum absolute atomic E-state index is 13.5. The number of carboxylic acids is 1. The number of aliphatic carboxylic acids is 1. The fourth-order valence-electron chi connectivity index (χ4n) is 5.29. The van der Waals surface area contributed by atoms with Gasteiger partial charge in [-0.25, -0.2) is 4.79 Å². The topological polar surface area (TPSA) is 330 Å². The first-order valence-corrected chi connectivity index (χ1v) is 19.1. The number of thiol groups is 1. The number of aliphatic hydroxyl groups excluding tert-OH is 1. The second-order valence-corrected chi connectivity index (χ2v) is 15.5. The Kier molecular flexibility index (Phi) is 23.6. The highest BCUT2D eigenvalue weighted by atomic mass is 32.1. The van der Waals surface area contributed by atoms with Crippen LogP contribution in [0.2, 0.25) is 0 Å². The van der Waals surface area contributed by atoms with E-state index in [1.165, 1.54) is 0 Å². The minimum atomic E-state index is -1.70. The van der Waals surface area contributed by atoms with E-state index in [1.807, 2.05) is 13.8 Å². The fourth-order valence-corrected chi connectivity index (χ4v) is 5.54. The van der Waals surface area contributed by atoms with Gasteiger partial charge in [-0.15, -0.1) is 0 Å². The van der Waals surface area contributed by atoms with E-state index >= 15 is 0 Å². The largest absolute Gasteiger partial charge is 0.480 e. The number of carbonyl (C=O) groups is 9. The first-order chi connectivity index (χ1) is 26.0. The SMILES string of the molecule is CC(C)CC(NC(=O)CN)C(=O)NC(CC(C)C)C(=O)NC(CO)C(=O)NC(CC(N)=O)C(=O)NC(C(=O)NC(CC(C)C)C(=O)NC(CS)C(=O)O)C(C)C. The Balaban J connectivity index is 6.15. The first-order valence-electron chi connectivity index (χ1n) is 18.5. The van der Waals surface area contributed by atoms with E-state index in [2.05, 4.69) is 49.8 Å². The molecular formula is C35H63N9O11S. The van der Waals surface area contributed by atoms with Crippen LogP contribution in [0.1, 0.15) is 81.1 Å². The van der Waals surface area contributed by atoms with Gasteiger partial charge in [-0.05, 0) is 42.9 Å². The summed E-state index contributed by atoms with van der Waals surface area (Å²) < 4.78 is 0. The molecule has 0 fully saturated rings. The van der Waals surface area contributed by atoms with E-state index in [0.717, 1.165) is 0 Å². The van der Waals surface area contributed by atoms with Crippen LogP contribution in [0.15, 0.2) is 0 Å². The number of nitrogens with two attached hydrogens (primary N) is 2. The van der Waals surface area contributed by atoms with Crippen molar-refractivity contribution in [2.75, 3.05) is 18.9 Å². The lowest BCUT2D eigenvalue weighted by Crippen LogP contribution is -2.61. The van der Waals surface area contributed by atoms with Gasteiger partial charge in [0.05, 0.1) is 19.6 Å². The predicted octanol–water partition coefficient (Wildman–Crippen LogP) is -2.98. The number of hydrogen-bond donors (Lipinski definition) is 12. The number of amides is 8. The van der Waals surface area contributed by atoms with Crippen molar-refractivity contribution in [1.82, 2.24) is 37.2 Å². The average Bonchev–Trinajstić information content (AvgIpc) is 3.08. The van der Waals surface area contributed by atoms with Crippen LogP contribution in [0, 0.1) is 23.7 Å². The summed E-state index contributed by atoms with van der Waals surface area (Å²) in [6, 6.07) is -9.49. The molecule has 0 spiro atoms. The molecule has 0 saturated carbocycles. The Morgan fingerprint density at radius 1 is 0.536 bits per heavy atom. The highest BCUT2D eigenvalue weighted by Gasteiger charge is 2.35. The van der Waals surface area contributed by atoms with Crippen LogP contribution >= 0.6 is 12.6 Å². The van der Waals surface area contributed by atoms with E-state index in [4.69, 9.17) is 11.5 Å². The van der Waals surface area contributed by atoms with Gasteiger partial charge in [0, 0.05) is 5.75 Å². The normalized spacial score (nSPS) is 15.1. The number of primary amides is 1. The summed E-state index contributed by atoms with van der Waals surface area (Å²) >= 11 is 3.94. The van der Waals surface area contributed by atoms with Crippen molar-refractivity contribution in [3.63, 3.8) is 0 Å². The number of rotatable bonds is 26. The van der Waals surface area contributed by atoms with Gasteiger partial charge in [-0.2, -0.15) is 12.6 Å². The summed E-state index contributed by atoms with van der Waals surface area (Å²) in [6.07, 6.45) is -0.326. The zero-order valence-corrected chi connectivity index (χ0v) is 34.4. The molecule has 56 heavy (non-hydrogen) atoms. The number of aliphatic hydroxyl groups is 1. The second-order valence-electron chi connectivity index (χ2n) is 15.1. The van der Waals surface area contributed by atoms with Crippen molar-refractivity contribution in [3.05, 3.63) is 0 Å². The van der Waals surface area contributed by atoms with Gasteiger partial charge in [0.15, 0.2) is 0 Å². The molecule has 320 valence electrons. The summed E-state index contributed by atoms with van der Waals surface area (Å²) in [4.78, 5) is 115. The Bertz CT molecular complexity index is 1380. The molecule has 0 aliphatic rings. The molecule has 0 heterocycles. The van der Waals surface area contributed by atoms with Crippen molar-refractivity contribution in [3.8, 4) is 0 Å². The van der Waals surface area contributed by atoms with Gasteiger partial charge in [-0.1, -0.05) is 55.4 Å². The highest BCUT2D eigenvalue weighted by Crippen LogP contribution is 2.11. The molecule has 0 aliphatic heterocycles. The molecule has 13 N–H and O–H groups in total. The summed E-state index contributed by atoms with van der Waals surface area (Å²) in [6.45, 7) is 12.6. The quantitative estimate of drug-likeness (QED) is 0.0389. The molecule has 0 aromatic heterocycles. The number of carboxylic acid groups (broad SMARTS) is 1. The smallest absolute Gasteiger partial charge is 0.327 e. The number of carbonyl (C=O) groups excluding carboxylic acids is 8. The molecule has 0 saturated heterocycles. The van der Waals surface area contributed by atoms with Gasteiger partial charge in [0.25, 0.3) is 0 Å². The zero-order chi connectivity index (χ0) is 43.4. The van der Waals surface area contributed by atoms with Crippen LogP contribution in [0.4, 0.5) is 0 Å². The lowest BCUT2D eigenvalue weighted by atomic mass is 9.99. The Labute approximate surface area is 333 Å². The Hall–Kier alpha value is -4.50.